The van der Waals surface area contributed by atoms with Gasteiger partial charge >= 0.3 is 0 Å². The molecule has 0 aliphatic rings. The molecule has 81 heavy (non-hydrogen) atoms. The van der Waals surface area contributed by atoms with Crippen LogP contribution in [0.3, 0.4) is 0 Å². The summed E-state index contributed by atoms with van der Waals surface area (Å²) >= 11 is 3.60. The molecule has 0 aliphatic carbocycles. The summed E-state index contributed by atoms with van der Waals surface area (Å²) < 4.78 is 16.0. The van der Waals surface area contributed by atoms with Gasteiger partial charge in [0.25, 0.3) is 0 Å². The Bertz CT molecular complexity index is 5610. The van der Waals surface area contributed by atoms with Crippen LogP contribution >= 0.6 is 22.7 Å². The van der Waals surface area contributed by atoms with Crippen molar-refractivity contribution < 1.29 is 4.42 Å². The maximum Gasteiger partial charge on any atom is 0.220 e. The van der Waals surface area contributed by atoms with Crippen LogP contribution in [0, 0.1) is 17.9 Å². The molecule has 0 amide bonds. The predicted molar refractivity (Wildman–Crippen MR) is 341 cm³/mol. The first-order valence-electron chi connectivity index (χ1n) is 27.0. The van der Waals surface area contributed by atoms with E-state index in [-0.39, 0.29) is 0 Å². The molecule has 5 nitrogen and oxygen atoms in total. The van der Waals surface area contributed by atoms with Gasteiger partial charge < -0.3 is 13.6 Å². The van der Waals surface area contributed by atoms with Crippen LogP contribution in [0.5, 0.6) is 0 Å². The fraction of sp³-hybridized carbons (Fsp3) is 0. The number of rotatable bonds is 6. The molecule has 0 unspecified atom stereocenters. The zero-order valence-corrected chi connectivity index (χ0v) is 44.7. The number of benzene rings is 12. The van der Waals surface area contributed by atoms with Crippen LogP contribution in [0.15, 0.2) is 247 Å². The molecule has 5 heterocycles. The van der Waals surface area contributed by atoms with Gasteiger partial charge in [-0.2, -0.15) is 5.26 Å². The summed E-state index contributed by atoms with van der Waals surface area (Å²) in [6.07, 6.45) is 0. The number of hydrogen-bond acceptors (Lipinski definition) is 4. The first-order valence-corrected chi connectivity index (χ1v) is 28.6. The molecule has 17 aromatic rings. The molecule has 0 bridgehead atoms. The van der Waals surface area contributed by atoms with Gasteiger partial charge in [0.15, 0.2) is 0 Å². The van der Waals surface area contributed by atoms with Crippen LogP contribution in [0.2, 0.25) is 0 Å². The second kappa shape index (κ2) is 17.5. The van der Waals surface area contributed by atoms with Crippen LogP contribution in [-0.4, -0.2) is 9.13 Å². The molecule has 5 aromatic heterocycles. The highest BCUT2D eigenvalue weighted by Gasteiger charge is 2.34. The topological polar surface area (TPSA) is 51.1 Å². The van der Waals surface area contributed by atoms with Gasteiger partial charge in [-0.05, 0) is 70.3 Å². The summed E-state index contributed by atoms with van der Waals surface area (Å²) in [6, 6.07) is 88.5. The Morgan fingerprint density at radius 1 is 0.407 bits per heavy atom. The van der Waals surface area contributed by atoms with E-state index in [0.717, 1.165) is 125 Å². The molecule has 12 aromatic carbocycles. The summed E-state index contributed by atoms with van der Waals surface area (Å²) in [5.74, 6) is 0. The van der Waals surface area contributed by atoms with E-state index in [2.05, 4.69) is 214 Å². The summed E-state index contributed by atoms with van der Waals surface area (Å²) in [7, 11) is 0. The fourth-order valence-corrected chi connectivity index (χ4v) is 15.7. The van der Waals surface area contributed by atoms with E-state index in [1.54, 1.807) is 22.7 Å². The SMILES string of the molecule is [C-]#[N+]c1c(-c2ccccc2)c(C#N)c(-n2c3c(ccc4c5ccccc5sc43)c3cc(-c4ccccc4)c4c5ccccc5sc4c32)c(-c2ccccc2)c1-n1c2ccccc2c2cc(-c3cccc4c3oc3ccccc34)ccc21. The van der Waals surface area contributed by atoms with Crippen molar-refractivity contribution in [1.29, 1.82) is 5.26 Å². The normalized spacial score (nSPS) is 11.9. The van der Waals surface area contributed by atoms with Crippen molar-refractivity contribution in [2.24, 2.45) is 0 Å². The fourth-order valence-electron chi connectivity index (χ4n) is 13.2. The Kier molecular flexibility index (Phi) is 9.82. The maximum absolute atomic E-state index is 12.4. The Morgan fingerprint density at radius 2 is 1.00 bits per heavy atom. The number of nitrogens with zero attached hydrogens (tertiary/aromatic N) is 4. The lowest BCUT2D eigenvalue weighted by Crippen LogP contribution is -2.09. The first-order chi connectivity index (χ1) is 40.1. The molecule has 0 spiro atoms. The van der Waals surface area contributed by atoms with Crippen LogP contribution in [0.25, 0.3) is 167 Å². The second-order valence-corrected chi connectivity index (χ2v) is 22.9. The number of furan rings is 1. The lowest BCUT2D eigenvalue weighted by molar-refractivity contribution is 0.670. The van der Waals surface area contributed by atoms with Crippen molar-refractivity contribution in [3.8, 4) is 62.0 Å². The molecule has 0 aliphatic heterocycles. The third-order valence-electron chi connectivity index (χ3n) is 16.6. The zero-order chi connectivity index (χ0) is 53.4. The minimum Gasteiger partial charge on any atom is -0.455 e. The van der Waals surface area contributed by atoms with E-state index in [4.69, 9.17) is 4.42 Å². The number of aromatic nitrogens is 2. The standard InChI is InChI=1S/C74H40N4OS2/c1-76-67-64(44-22-7-3-8-23-44)58(42-75)68(78-69-51(37-38-53-50-28-13-17-34-62(50)80-73(53)69)57-41-55(43-20-5-2-6-21-43)66-54-29-14-18-35-63(54)81-74(66)70(57)78)65(45-24-9-4-10-25-45)71(67)77-59-32-15-11-26-48(59)56-40-46(36-39-60(56)77)47-30-19-31-52-49-27-12-16-33-61(49)79-72(47)52/h2-41H. The first kappa shape index (κ1) is 45.5. The summed E-state index contributed by atoms with van der Waals surface area (Å²) in [5, 5.41) is 23.5. The highest BCUT2D eigenvalue weighted by atomic mass is 32.1. The Morgan fingerprint density at radius 3 is 1.75 bits per heavy atom. The average Bonchev–Trinajstić information content (AvgIpc) is 2.92. The molecule has 0 N–H and O–H groups in total. The number of fused-ring (bicyclic) bond motifs is 17. The lowest BCUT2D eigenvalue weighted by atomic mass is 9.88. The zero-order valence-electron chi connectivity index (χ0n) is 43.1. The molecular formula is C74H40N4OS2. The van der Waals surface area contributed by atoms with Gasteiger partial charge in [-0.3, -0.25) is 0 Å². The summed E-state index contributed by atoms with van der Waals surface area (Å²) in [4.78, 5) is 4.64. The molecule has 7 heteroatoms. The highest BCUT2D eigenvalue weighted by molar-refractivity contribution is 7.27. The number of hydrogen-bond donors (Lipinski definition) is 0. The van der Waals surface area contributed by atoms with Gasteiger partial charge in [-0.1, -0.05) is 200 Å². The van der Waals surface area contributed by atoms with Gasteiger partial charge in [0.05, 0.1) is 55.0 Å². The van der Waals surface area contributed by atoms with Gasteiger partial charge in [0.2, 0.25) is 5.69 Å². The van der Waals surface area contributed by atoms with E-state index >= 15 is 0 Å². The smallest absolute Gasteiger partial charge is 0.220 e. The monoisotopic (exact) mass is 1060 g/mol. The third-order valence-corrected chi connectivity index (χ3v) is 18.9. The summed E-state index contributed by atoms with van der Waals surface area (Å²) in [6.45, 7) is 9.53. The van der Waals surface area contributed by atoms with Crippen LogP contribution in [0.1, 0.15) is 5.56 Å². The third kappa shape index (κ3) is 6.45. The Hall–Kier alpha value is -10.5. The predicted octanol–water partition coefficient (Wildman–Crippen LogP) is 21.6. The van der Waals surface area contributed by atoms with E-state index in [0.29, 0.717) is 22.5 Å². The quantitative estimate of drug-likeness (QED) is 0.156. The number of para-hydroxylation sites is 3. The molecular weight excluding hydrogens is 1020 g/mol. The van der Waals surface area contributed by atoms with Crippen molar-refractivity contribution in [2.75, 3.05) is 0 Å². The lowest BCUT2D eigenvalue weighted by Gasteiger charge is -2.26. The molecule has 0 radical (unpaired) electrons. The van der Waals surface area contributed by atoms with Crippen molar-refractivity contribution >= 4 is 134 Å². The Balaban J connectivity index is 1.10. The minimum atomic E-state index is 0.394. The van der Waals surface area contributed by atoms with E-state index in [9.17, 15) is 11.8 Å². The molecule has 0 saturated carbocycles. The number of nitriles is 1. The minimum absolute atomic E-state index is 0.394. The van der Waals surface area contributed by atoms with E-state index < -0.39 is 0 Å². The number of thiophene rings is 2. The van der Waals surface area contributed by atoms with Crippen molar-refractivity contribution in [3.05, 3.63) is 260 Å². The van der Waals surface area contributed by atoms with Gasteiger partial charge in [-0.25, -0.2) is 4.85 Å². The van der Waals surface area contributed by atoms with Gasteiger partial charge in [-0.15, -0.1) is 22.7 Å². The largest absolute Gasteiger partial charge is 0.455 e. The van der Waals surface area contributed by atoms with Gasteiger partial charge in [0, 0.05) is 80.0 Å². The molecule has 17 rings (SSSR count). The summed E-state index contributed by atoms with van der Waals surface area (Å²) in [5.41, 5.74) is 15.2. The van der Waals surface area contributed by atoms with Crippen molar-refractivity contribution in [1.82, 2.24) is 9.13 Å². The second-order valence-electron chi connectivity index (χ2n) is 20.8. The molecule has 0 atom stereocenters. The molecule has 374 valence electrons. The average molecular weight is 1070 g/mol. The maximum atomic E-state index is 12.4. The van der Waals surface area contributed by atoms with E-state index in [1.807, 2.05) is 48.5 Å². The molecule has 0 fully saturated rings. The van der Waals surface area contributed by atoms with Crippen molar-refractivity contribution in [2.45, 2.75) is 0 Å². The van der Waals surface area contributed by atoms with Crippen LogP contribution < -0.4 is 0 Å². The molecule has 0 saturated heterocycles. The van der Waals surface area contributed by atoms with Gasteiger partial charge in [0.1, 0.15) is 17.2 Å². The van der Waals surface area contributed by atoms with Crippen LogP contribution in [-0.2, 0) is 0 Å². The van der Waals surface area contributed by atoms with E-state index in [1.165, 1.54) is 25.6 Å². The van der Waals surface area contributed by atoms with Crippen molar-refractivity contribution in [3.63, 3.8) is 0 Å². The highest BCUT2D eigenvalue weighted by Crippen LogP contribution is 2.56. The Labute approximate surface area is 471 Å². The van der Waals surface area contributed by atoms with Crippen LogP contribution in [0.4, 0.5) is 5.69 Å².